The first-order valence-corrected chi connectivity index (χ1v) is 6.08. The largest absolute Gasteiger partial charge is 0.461 e. The maximum absolute atomic E-state index is 13.5. The smallest absolute Gasteiger partial charge is 0.357 e. The molecule has 0 fully saturated rings. The van der Waals surface area contributed by atoms with Gasteiger partial charge in [0.25, 0.3) is 0 Å². The molecule has 18 heavy (non-hydrogen) atoms. The van der Waals surface area contributed by atoms with Gasteiger partial charge in [0.1, 0.15) is 16.6 Å². The zero-order valence-electron chi connectivity index (χ0n) is 9.44. The summed E-state index contributed by atoms with van der Waals surface area (Å²) in [4.78, 5) is 15.4. The molecule has 1 aromatic heterocycles. The molecule has 0 saturated heterocycles. The van der Waals surface area contributed by atoms with E-state index in [1.54, 1.807) is 6.92 Å². The predicted octanol–water partition coefficient (Wildman–Crippen LogP) is 3.27. The van der Waals surface area contributed by atoms with Crippen molar-refractivity contribution < 1.29 is 18.3 Å². The van der Waals surface area contributed by atoms with Crippen LogP contribution < -0.4 is 0 Å². The van der Waals surface area contributed by atoms with Crippen molar-refractivity contribution in [3.63, 3.8) is 0 Å². The molecule has 2 rings (SSSR count). The molecule has 0 N–H and O–H groups in total. The summed E-state index contributed by atoms with van der Waals surface area (Å²) >= 11 is 1.10. The van der Waals surface area contributed by atoms with Gasteiger partial charge in [0.2, 0.25) is 0 Å². The van der Waals surface area contributed by atoms with Crippen molar-refractivity contribution in [1.29, 1.82) is 0 Å². The molecule has 0 saturated carbocycles. The molecule has 0 spiro atoms. The fourth-order valence-electron chi connectivity index (χ4n) is 1.36. The minimum Gasteiger partial charge on any atom is -0.461 e. The lowest BCUT2D eigenvalue weighted by Gasteiger charge is -1.99. The second kappa shape index (κ2) is 5.22. The van der Waals surface area contributed by atoms with Gasteiger partial charge in [-0.2, -0.15) is 0 Å². The molecule has 0 aliphatic rings. The van der Waals surface area contributed by atoms with Crippen LogP contribution in [0.1, 0.15) is 17.4 Å². The van der Waals surface area contributed by atoms with Gasteiger partial charge in [0.05, 0.1) is 6.61 Å². The summed E-state index contributed by atoms with van der Waals surface area (Å²) in [7, 11) is 0. The van der Waals surface area contributed by atoms with E-state index in [1.165, 1.54) is 11.4 Å². The van der Waals surface area contributed by atoms with E-state index >= 15 is 0 Å². The van der Waals surface area contributed by atoms with E-state index in [4.69, 9.17) is 4.74 Å². The zero-order chi connectivity index (χ0) is 13.1. The number of aromatic nitrogens is 1. The number of halogens is 2. The Bertz CT molecular complexity index is 583. The highest BCUT2D eigenvalue weighted by molar-refractivity contribution is 7.13. The maximum atomic E-state index is 13.5. The minimum atomic E-state index is -0.709. The van der Waals surface area contributed by atoms with Gasteiger partial charge in [-0.25, -0.2) is 18.6 Å². The van der Waals surface area contributed by atoms with Crippen molar-refractivity contribution in [2.45, 2.75) is 6.92 Å². The molecular formula is C12H9F2NO2S. The van der Waals surface area contributed by atoms with E-state index < -0.39 is 17.6 Å². The first-order valence-electron chi connectivity index (χ1n) is 5.20. The van der Waals surface area contributed by atoms with Crippen molar-refractivity contribution in [3.05, 3.63) is 40.9 Å². The summed E-state index contributed by atoms with van der Waals surface area (Å²) < 4.78 is 31.0. The van der Waals surface area contributed by atoms with Gasteiger partial charge < -0.3 is 4.74 Å². The van der Waals surface area contributed by atoms with Gasteiger partial charge in [0.15, 0.2) is 5.69 Å². The molecule has 3 nitrogen and oxygen atoms in total. The van der Waals surface area contributed by atoms with E-state index in [-0.39, 0.29) is 17.9 Å². The predicted molar refractivity (Wildman–Crippen MR) is 63.4 cm³/mol. The van der Waals surface area contributed by atoms with Crippen LogP contribution in [-0.2, 0) is 4.74 Å². The molecule has 0 atom stereocenters. The van der Waals surface area contributed by atoms with Crippen LogP contribution in [0.25, 0.3) is 10.6 Å². The highest BCUT2D eigenvalue weighted by Gasteiger charge is 2.15. The maximum Gasteiger partial charge on any atom is 0.357 e. The first kappa shape index (κ1) is 12.6. The van der Waals surface area contributed by atoms with Gasteiger partial charge in [0, 0.05) is 17.0 Å². The summed E-state index contributed by atoms with van der Waals surface area (Å²) in [5, 5.41) is 1.80. The van der Waals surface area contributed by atoms with Crippen LogP contribution >= 0.6 is 11.3 Å². The molecular weight excluding hydrogens is 260 g/mol. The Balaban J connectivity index is 2.32. The summed E-state index contributed by atoms with van der Waals surface area (Å²) in [6.45, 7) is 1.93. The van der Waals surface area contributed by atoms with E-state index in [9.17, 15) is 13.6 Å². The third kappa shape index (κ3) is 2.53. The van der Waals surface area contributed by atoms with Crippen LogP contribution in [0, 0.1) is 11.6 Å². The van der Waals surface area contributed by atoms with Crippen LogP contribution in [0.2, 0.25) is 0 Å². The molecule has 1 heterocycles. The number of hydrogen-bond donors (Lipinski definition) is 0. The van der Waals surface area contributed by atoms with E-state index in [0.717, 1.165) is 23.5 Å². The van der Waals surface area contributed by atoms with Gasteiger partial charge >= 0.3 is 5.97 Å². The Kier molecular flexibility index (Phi) is 3.66. The van der Waals surface area contributed by atoms with E-state index in [1.807, 2.05) is 0 Å². The number of thiazole rings is 1. The van der Waals surface area contributed by atoms with Crippen molar-refractivity contribution in [2.24, 2.45) is 0 Å². The lowest BCUT2D eigenvalue weighted by molar-refractivity contribution is 0.0520. The number of carbonyl (C=O) groups is 1. The van der Waals surface area contributed by atoms with E-state index in [2.05, 4.69) is 4.98 Å². The number of hydrogen-bond acceptors (Lipinski definition) is 4. The molecule has 0 aliphatic carbocycles. The monoisotopic (exact) mass is 269 g/mol. The molecule has 6 heteroatoms. The van der Waals surface area contributed by atoms with Crippen LogP contribution in [-0.4, -0.2) is 17.6 Å². The molecule has 0 bridgehead atoms. The SMILES string of the molecule is CCOC(=O)c1csc(-c2ccc(F)cc2F)n1. The summed E-state index contributed by atoms with van der Waals surface area (Å²) in [6, 6.07) is 3.21. The topological polar surface area (TPSA) is 39.2 Å². The number of esters is 1. The quantitative estimate of drug-likeness (QED) is 0.803. The third-order valence-corrected chi connectivity index (χ3v) is 3.03. The minimum absolute atomic E-state index is 0.126. The highest BCUT2D eigenvalue weighted by atomic mass is 32.1. The van der Waals surface area contributed by atoms with E-state index in [0.29, 0.717) is 5.01 Å². The van der Waals surface area contributed by atoms with Crippen molar-refractivity contribution in [2.75, 3.05) is 6.61 Å². The fourth-order valence-corrected chi connectivity index (χ4v) is 2.17. The number of rotatable bonds is 3. The average molecular weight is 269 g/mol. The summed E-state index contributed by atoms with van der Waals surface area (Å²) in [5.41, 5.74) is 0.289. The van der Waals surface area contributed by atoms with Crippen LogP contribution in [0.5, 0.6) is 0 Å². The number of nitrogens with zero attached hydrogens (tertiary/aromatic N) is 1. The fraction of sp³-hybridized carbons (Fsp3) is 0.167. The summed E-state index contributed by atoms with van der Waals surface area (Å²) in [6.07, 6.45) is 0. The van der Waals surface area contributed by atoms with Crippen molar-refractivity contribution in [1.82, 2.24) is 4.98 Å². The molecule has 0 unspecified atom stereocenters. The Hall–Kier alpha value is -1.82. The molecule has 2 aromatic rings. The van der Waals surface area contributed by atoms with Gasteiger partial charge in [-0.3, -0.25) is 0 Å². The normalized spacial score (nSPS) is 10.4. The molecule has 0 aliphatic heterocycles. The van der Waals surface area contributed by atoms with Crippen LogP contribution in [0.4, 0.5) is 8.78 Å². The van der Waals surface area contributed by atoms with Gasteiger partial charge in [-0.05, 0) is 19.1 Å². The van der Waals surface area contributed by atoms with Gasteiger partial charge in [-0.15, -0.1) is 11.3 Å². The Morgan fingerprint density at radius 1 is 1.44 bits per heavy atom. The average Bonchev–Trinajstić information content (AvgIpc) is 2.78. The summed E-state index contributed by atoms with van der Waals surface area (Å²) in [5.74, 6) is -1.92. The molecule has 94 valence electrons. The number of carbonyl (C=O) groups excluding carboxylic acids is 1. The Morgan fingerprint density at radius 2 is 2.22 bits per heavy atom. The van der Waals surface area contributed by atoms with Crippen molar-refractivity contribution in [3.8, 4) is 10.6 Å². The number of benzene rings is 1. The molecule has 0 radical (unpaired) electrons. The second-order valence-corrected chi connectivity index (χ2v) is 4.24. The van der Waals surface area contributed by atoms with Crippen molar-refractivity contribution >= 4 is 17.3 Å². The zero-order valence-corrected chi connectivity index (χ0v) is 10.3. The first-order chi connectivity index (χ1) is 8.61. The Morgan fingerprint density at radius 3 is 2.89 bits per heavy atom. The third-order valence-electron chi connectivity index (χ3n) is 2.15. The second-order valence-electron chi connectivity index (χ2n) is 3.38. The van der Waals surface area contributed by atoms with Crippen LogP contribution in [0.15, 0.2) is 23.6 Å². The highest BCUT2D eigenvalue weighted by Crippen LogP contribution is 2.26. The number of ether oxygens (including phenoxy) is 1. The molecule has 1 aromatic carbocycles. The standard InChI is InChI=1S/C12H9F2NO2S/c1-2-17-12(16)10-6-18-11(15-10)8-4-3-7(13)5-9(8)14/h3-6H,2H2,1H3. The Labute approximate surface area is 106 Å². The molecule has 0 amide bonds. The lowest BCUT2D eigenvalue weighted by Crippen LogP contribution is -2.04. The van der Waals surface area contributed by atoms with Gasteiger partial charge in [-0.1, -0.05) is 0 Å². The van der Waals surface area contributed by atoms with Crippen LogP contribution in [0.3, 0.4) is 0 Å². The lowest BCUT2D eigenvalue weighted by atomic mass is 10.2.